The van der Waals surface area contributed by atoms with E-state index in [1.54, 1.807) is 0 Å². The van der Waals surface area contributed by atoms with Crippen LogP contribution in [0, 0.1) is 11.8 Å². The van der Waals surface area contributed by atoms with Crippen LogP contribution in [-0.4, -0.2) is 25.2 Å². The van der Waals surface area contributed by atoms with Gasteiger partial charge in [-0.25, -0.2) is 9.59 Å². The largest absolute Gasteiger partial charge is 0.462 e. The fraction of sp³-hybridized carbons (Fsp3) is 0.742. The third kappa shape index (κ3) is 8.65. The molecule has 0 aliphatic heterocycles. The number of benzene rings is 1. The van der Waals surface area contributed by atoms with Gasteiger partial charge in [0, 0.05) is 0 Å². The molecule has 0 amide bonds. The fourth-order valence-corrected chi connectivity index (χ4v) is 6.04. The molecule has 1 aromatic rings. The normalized spacial score (nSPS) is 20.8. The zero-order chi connectivity index (χ0) is 24.9. The van der Waals surface area contributed by atoms with E-state index in [9.17, 15) is 9.59 Å². The summed E-state index contributed by atoms with van der Waals surface area (Å²) in [6, 6.07) is 5.81. The first-order valence-corrected chi connectivity index (χ1v) is 14.6. The van der Waals surface area contributed by atoms with Gasteiger partial charge in [0.2, 0.25) is 0 Å². The molecule has 0 saturated heterocycles. The number of fused-ring (bicyclic) bond motifs is 2. The predicted molar refractivity (Wildman–Crippen MR) is 142 cm³/mol. The molecule has 2 aliphatic carbocycles. The summed E-state index contributed by atoms with van der Waals surface area (Å²) >= 11 is 0. The molecule has 3 atom stereocenters. The molecule has 2 fully saturated rings. The molecule has 0 heterocycles. The Morgan fingerprint density at radius 1 is 0.714 bits per heavy atom. The molecule has 196 valence electrons. The molecule has 2 bridgehead atoms. The Labute approximate surface area is 213 Å². The smallest absolute Gasteiger partial charge is 0.339 e. The van der Waals surface area contributed by atoms with Crippen LogP contribution in [0.2, 0.25) is 0 Å². The van der Waals surface area contributed by atoms with E-state index in [1.807, 2.05) is 12.1 Å². The van der Waals surface area contributed by atoms with Crippen molar-refractivity contribution in [3.05, 3.63) is 34.9 Å². The molecule has 3 rings (SSSR count). The van der Waals surface area contributed by atoms with Crippen molar-refractivity contribution in [1.29, 1.82) is 0 Å². The van der Waals surface area contributed by atoms with Crippen LogP contribution in [0.25, 0.3) is 0 Å². The minimum absolute atomic E-state index is 0.357. The first-order valence-electron chi connectivity index (χ1n) is 14.6. The summed E-state index contributed by atoms with van der Waals surface area (Å²) in [4.78, 5) is 26.0. The number of hydrogen-bond donors (Lipinski definition) is 0. The van der Waals surface area contributed by atoms with E-state index in [-0.39, 0.29) is 5.97 Å². The molecule has 1 aromatic carbocycles. The minimum Gasteiger partial charge on any atom is -0.462 e. The summed E-state index contributed by atoms with van der Waals surface area (Å²) in [6.07, 6.45) is 18.9. The van der Waals surface area contributed by atoms with E-state index in [0.29, 0.717) is 30.3 Å². The van der Waals surface area contributed by atoms with Gasteiger partial charge in [-0.15, -0.1) is 0 Å². The summed E-state index contributed by atoms with van der Waals surface area (Å²) in [5.41, 5.74) is 1.94. The van der Waals surface area contributed by atoms with Crippen molar-refractivity contribution in [2.45, 2.75) is 122 Å². The summed E-state index contributed by atoms with van der Waals surface area (Å²) in [5, 5.41) is 0. The Balaban J connectivity index is 1.58. The van der Waals surface area contributed by atoms with Gasteiger partial charge in [0.05, 0.1) is 24.3 Å². The molecule has 35 heavy (non-hydrogen) atoms. The van der Waals surface area contributed by atoms with Crippen LogP contribution in [0.3, 0.4) is 0 Å². The number of ether oxygens (including phenoxy) is 2. The van der Waals surface area contributed by atoms with Crippen LogP contribution in [0.5, 0.6) is 0 Å². The molecule has 0 aromatic heterocycles. The van der Waals surface area contributed by atoms with E-state index in [2.05, 4.69) is 19.9 Å². The van der Waals surface area contributed by atoms with Crippen molar-refractivity contribution < 1.29 is 19.1 Å². The number of carbonyl (C=O) groups excluding carboxylic acids is 2. The van der Waals surface area contributed by atoms with E-state index >= 15 is 0 Å². The van der Waals surface area contributed by atoms with Gasteiger partial charge in [-0.05, 0) is 67.6 Å². The van der Waals surface area contributed by atoms with Gasteiger partial charge < -0.3 is 9.47 Å². The third-order valence-corrected chi connectivity index (χ3v) is 8.11. The van der Waals surface area contributed by atoms with Crippen molar-refractivity contribution in [3.63, 3.8) is 0 Å². The number of hydrogen-bond acceptors (Lipinski definition) is 4. The molecular formula is C31H48O4. The Kier molecular flexibility index (Phi) is 12.1. The van der Waals surface area contributed by atoms with Crippen molar-refractivity contribution in [2.24, 2.45) is 11.8 Å². The topological polar surface area (TPSA) is 52.6 Å². The van der Waals surface area contributed by atoms with Gasteiger partial charge in [0.25, 0.3) is 0 Å². The zero-order valence-electron chi connectivity index (χ0n) is 22.3. The Bertz CT molecular complexity index is 786. The maximum Gasteiger partial charge on any atom is 0.339 e. The molecule has 2 aliphatic rings. The Morgan fingerprint density at radius 3 is 1.83 bits per heavy atom. The maximum absolute atomic E-state index is 13.1. The maximum atomic E-state index is 13.1. The quantitative estimate of drug-likeness (QED) is 0.164. The van der Waals surface area contributed by atoms with Crippen LogP contribution in [0.4, 0.5) is 0 Å². The summed E-state index contributed by atoms with van der Waals surface area (Å²) < 4.78 is 11.2. The first kappa shape index (κ1) is 27.7. The highest BCUT2D eigenvalue weighted by molar-refractivity contribution is 6.03. The highest BCUT2D eigenvalue weighted by atomic mass is 16.5. The Morgan fingerprint density at radius 2 is 1.29 bits per heavy atom. The first-order chi connectivity index (χ1) is 17.1. The van der Waals surface area contributed by atoms with Crippen LogP contribution < -0.4 is 0 Å². The average Bonchev–Trinajstić information content (AvgIpc) is 3.51. The lowest BCUT2D eigenvalue weighted by atomic mass is 9.82. The van der Waals surface area contributed by atoms with E-state index in [4.69, 9.17) is 9.47 Å². The van der Waals surface area contributed by atoms with Crippen molar-refractivity contribution in [3.8, 4) is 0 Å². The summed E-state index contributed by atoms with van der Waals surface area (Å²) in [6.45, 7) is 5.24. The molecule has 0 radical (unpaired) electrons. The molecule has 3 unspecified atom stereocenters. The van der Waals surface area contributed by atoms with Crippen molar-refractivity contribution >= 4 is 11.9 Å². The minimum atomic E-state index is -0.399. The molecule has 4 heteroatoms. The van der Waals surface area contributed by atoms with Gasteiger partial charge in [0.1, 0.15) is 0 Å². The van der Waals surface area contributed by atoms with E-state index in [0.717, 1.165) is 37.5 Å². The summed E-state index contributed by atoms with van der Waals surface area (Å²) in [5.74, 6) is 1.28. The van der Waals surface area contributed by atoms with E-state index in [1.165, 1.54) is 82.6 Å². The molecule has 2 saturated carbocycles. The monoisotopic (exact) mass is 484 g/mol. The molecule has 0 N–H and O–H groups in total. The van der Waals surface area contributed by atoms with Crippen LogP contribution >= 0.6 is 0 Å². The van der Waals surface area contributed by atoms with Gasteiger partial charge in [-0.3, -0.25) is 0 Å². The molecule has 0 spiro atoms. The highest BCUT2D eigenvalue weighted by Gasteiger charge is 2.40. The number of unbranched alkanes of at least 4 members (excludes halogenated alkanes) is 10. The van der Waals surface area contributed by atoms with Crippen LogP contribution in [-0.2, 0) is 9.47 Å². The lowest BCUT2D eigenvalue weighted by Gasteiger charge is -2.23. The number of esters is 2. The number of carbonyl (C=O) groups is 2. The highest BCUT2D eigenvalue weighted by Crippen LogP contribution is 2.53. The number of rotatable bonds is 17. The zero-order valence-corrected chi connectivity index (χ0v) is 22.3. The molecular weight excluding hydrogens is 436 g/mol. The van der Waals surface area contributed by atoms with Crippen molar-refractivity contribution in [2.75, 3.05) is 13.2 Å². The van der Waals surface area contributed by atoms with Gasteiger partial charge in [-0.2, -0.15) is 0 Å². The van der Waals surface area contributed by atoms with E-state index < -0.39 is 5.97 Å². The van der Waals surface area contributed by atoms with Crippen LogP contribution in [0.15, 0.2) is 18.2 Å². The van der Waals surface area contributed by atoms with Crippen LogP contribution in [0.1, 0.15) is 149 Å². The standard InChI is InChI=1S/C31H48O4/c1-3-5-7-9-11-13-19-34-30(32)27-18-17-26(28-22-24-15-16-25(28)21-24)23-29(27)31(33)35-20-14-12-10-8-6-4-2/h17-18,23-25,28H,3-16,19-22H2,1-2H3. The van der Waals surface area contributed by atoms with Gasteiger partial charge >= 0.3 is 11.9 Å². The second-order valence-corrected chi connectivity index (χ2v) is 10.9. The van der Waals surface area contributed by atoms with Gasteiger partial charge in [0.15, 0.2) is 0 Å². The average molecular weight is 485 g/mol. The van der Waals surface area contributed by atoms with Crippen molar-refractivity contribution in [1.82, 2.24) is 0 Å². The SMILES string of the molecule is CCCCCCCCOC(=O)c1ccc(C2CC3CCC2C3)cc1C(=O)OCCCCCCCC. The fourth-order valence-electron chi connectivity index (χ4n) is 6.04. The van der Waals surface area contributed by atoms with Gasteiger partial charge in [-0.1, -0.05) is 90.5 Å². The molecule has 4 nitrogen and oxygen atoms in total. The Hall–Kier alpha value is -1.84. The second-order valence-electron chi connectivity index (χ2n) is 10.9. The predicted octanol–water partition coefficient (Wildman–Crippen LogP) is 8.62. The third-order valence-electron chi connectivity index (χ3n) is 8.11. The summed E-state index contributed by atoms with van der Waals surface area (Å²) in [7, 11) is 0. The lowest BCUT2D eigenvalue weighted by Crippen LogP contribution is -2.17. The second kappa shape index (κ2) is 15.3. The lowest BCUT2D eigenvalue weighted by molar-refractivity contribution is 0.0450.